The molecular weight excluding hydrogens is 208 g/mol. The highest BCUT2D eigenvalue weighted by molar-refractivity contribution is 8.54. The van der Waals surface area contributed by atoms with E-state index in [1.807, 2.05) is 0 Å². The first kappa shape index (κ1) is 11.2. The first-order valence-electron chi connectivity index (χ1n) is 2.11. The van der Waals surface area contributed by atoms with Crippen LogP contribution in [0.5, 0.6) is 0 Å². The van der Waals surface area contributed by atoms with Gasteiger partial charge in [0.2, 0.25) is 5.44 Å². The van der Waals surface area contributed by atoms with E-state index < -0.39 is 29.8 Å². The normalized spacial score (nSPS) is 16.5. The van der Waals surface area contributed by atoms with Gasteiger partial charge in [0.05, 0.1) is 0 Å². The van der Waals surface area contributed by atoms with E-state index in [1.165, 1.54) is 0 Å². The first-order chi connectivity index (χ1) is 4.63. The highest BCUT2D eigenvalue weighted by Crippen LogP contribution is 2.54. The van der Waals surface area contributed by atoms with Crippen molar-refractivity contribution in [3.05, 3.63) is 0 Å². The zero-order valence-corrected chi connectivity index (χ0v) is 6.53. The van der Waals surface area contributed by atoms with E-state index in [0.29, 0.717) is 0 Å². The molecule has 0 aliphatic heterocycles. The largest absolute Gasteiger partial charge is 0.424 e. The fourth-order valence-electron chi connectivity index (χ4n) is 0.190. The minimum atomic E-state index is -5.01. The second-order valence-electron chi connectivity index (χ2n) is 1.49. The summed E-state index contributed by atoms with van der Waals surface area (Å²) < 4.78 is 44.0. The maximum absolute atomic E-state index is 11.4. The molecule has 1 atom stereocenters. The number of hydrogen-bond acceptors (Lipinski definition) is 3. The van der Waals surface area contributed by atoms with Gasteiger partial charge in [0.1, 0.15) is 0 Å². The van der Waals surface area contributed by atoms with E-state index in [1.54, 1.807) is 0 Å². The van der Waals surface area contributed by atoms with Crippen molar-refractivity contribution in [1.29, 1.82) is 0 Å². The van der Waals surface area contributed by atoms with Crippen molar-refractivity contribution in [2.45, 2.75) is 11.6 Å². The maximum Gasteiger partial charge on any atom is 0.424 e. The molecule has 0 aromatic carbocycles. The molecule has 0 radical (unpaired) electrons. The Balaban J connectivity index is 4.10. The van der Waals surface area contributed by atoms with Crippen LogP contribution >= 0.6 is 18.2 Å². The Labute approximate surface area is 63.3 Å². The molecule has 0 amide bonds. The molecule has 4 nitrogen and oxygen atoms in total. The molecule has 9 heteroatoms. The third-order valence-electron chi connectivity index (χ3n) is 0.517. The predicted octanol–water partition coefficient (Wildman–Crippen LogP) is 0.693. The van der Waals surface area contributed by atoms with Gasteiger partial charge in [0, 0.05) is 11.4 Å². The minimum Gasteiger partial charge on any atom is -0.373 e. The van der Waals surface area contributed by atoms with Crippen molar-refractivity contribution in [2.24, 2.45) is 0 Å². The molecule has 0 spiro atoms. The standard InChI is InChI=1S/C2H4F3O4PS/c3-2(4,5)1(6)11-10(7,8)9/h1,6H,(H2,7,8,9)/t1-/m1/s1. The van der Waals surface area contributed by atoms with Gasteiger partial charge in [-0.2, -0.15) is 13.2 Å². The molecule has 0 rings (SSSR count). The smallest absolute Gasteiger partial charge is 0.373 e. The summed E-state index contributed by atoms with van der Waals surface area (Å²) in [5.74, 6) is 0. The monoisotopic (exact) mass is 212 g/mol. The Morgan fingerprint density at radius 3 is 1.82 bits per heavy atom. The number of hydrogen-bond donors (Lipinski definition) is 3. The quantitative estimate of drug-likeness (QED) is 0.463. The van der Waals surface area contributed by atoms with Crippen molar-refractivity contribution < 1.29 is 32.6 Å². The lowest BCUT2D eigenvalue weighted by molar-refractivity contribution is -0.173. The summed E-state index contributed by atoms with van der Waals surface area (Å²) in [6.45, 7) is -4.87. The topological polar surface area (TPSA) is 77.8 Å². The Kier molecular flexibility index (Phi) is 3.40. The van der Waals surface area contributed by atoms with Gasteiger partial charge in [-0.05, 0) is 0 Å². The summed E-state index contributed by atoms with van der Waals surface area (Å²) in [6.07, 6.45) is -5.01. The van der Waals surface area contributed by atoms with Crippen LogP contribution in [0.1, 0.15) is 0 Å². The number of aliphatic hydroxyl groups is 1. The average Bonchev–Trinajstić information content (AvgIpc) is 1.56. The van der Waals surface area contributed by atoms with Gasteiger partial charge < -0.3 is 14.9 Å². The number of rotatable bonds is 2. The van der Waals surface area contributed by atoms with Gasteiger partial charge in [0.25, 0.3) is 0 Å². The zero-order chi connectivity index (χ0) is 9.28. The Morgan fingerprint density at radius 1 is 1.36 bits per heavy atom. The fraction of sp³-hybridized carbons (Fsp3) is 1.00. The Morgan fingerprint density at radius 2 is 1.73 bits per heavy atom. The first-order valence-corrected chi connectivity index (χ1v) is 5.21. The number of aliphatic hydroxyl groups excluding tert-OH is 1. The SMILES string of the molecule is O=P(O)(O)S[C@@H](O)C(F)(F)F. The van der Waals surface area contributed by atoms with Crippen LogP contribution in [-0.4, -0.2) is 26.5 Å². The van der Waals surface area contributed by atoms with Crippen LogP contribution in [0.25, 0.3) is 0 Å². The van der Waals surface area contributed by atoms with E-state index in [-0.39, 0.29) is 0 Å². The summed E-state index contributed by atoms with van der Waals surface area (Å²) >= 11 is -0.839. The lowest BCUT2D eigenvalue weighted by atomic mass is 10.7. The zero-order valence-electron chi connectivity index (χ0n) is 4.82. The summed E-state index contributed by atoms with van der Waals surface area (Å²) in [5.41, 5.74) is -3.04. The van der Waals surface area contributed by atoms with Crippen LogP contribution in [0.3, 0.4) is 0 Å². The predicted molar refractivity (Wildman–Crippen MR) is 31.7 cm³/mol. The van der Waals surface area contributed by atoms with Gasteiger partial charge in [0.15, 0.2) is 0 Å². The summed E-state index contributed by atoms with van der Waals surface area (Å²) in [5, 5.41) is 8.07. The van der Waals surface area contributed by atoms with Crippen LogP contribution in [0.4, 0.5) is 13.2 Å². The summed E-state index contributed by atoms with van der Waals surface area (Å²) in [4.78, 5) is 15.9. The van der Waals surface area contributed by atoms with Crippen molar-refractivity contribution >= 4 is 18.2 Å². The number of halogens is 3. The lowest BCUT2D eigenvalue weighted by Crippen LogP contribution is -2.24. The molecule has 0 aromatic rings. The van der Waals surface area contributed by atoms with E-state index in [2.05, 4.69) is 0 Å². The van der Waals surface area contributed by atoms with E-state index in [4.69, 9.17) is 14.9 Å². The summed E-state index contributed by atoms with van der Waals surface area (Å²) in [6, 6.07) is 0. The molecule has 0 unspecified atom stereocenters. The van der Waals surface area contributed by atoms with Gasteiger partial charge in [-0.15, -0.1) is 0 Å². The van der Waals surface area contributed by atoms with Crippen LogP contribution in [0.15, 0.2) is 0 Å². The average molecular weight is 212 g/mol. The Bertz CT molecular complexity index is 175. The van der Waals surface area contributed by atoms with Crippen LogP contribution in [0, 0.1) is 0 Å². The molecule has 0 fully saturated rings. The Hall–Kier alpha value is 0.250. The van der Waals surface area contributed by atoms with Gasteiger partial charge in [-0.25, -0.2) is 4.57 Å². The van der Waals surface area contributed by atoms with E-state index in [9.17, 15) is 17.7 Å². The molecule has 3 N–H and O–H groups in total. The molecule has 0 saturated carbocycles. The molecular formula is C2H4F3O4PS. The molecule has 11 heavy (non-hydrogen) atoms. The molecule has 0 aliphatic carbocycles. The van der Waals surface area contributed by atoms with Gasteiger partial charge >= 0.3 is 13.0 Å². The van der Waals surface area contributed by atoms with Gasteiger partial charge in [-0.1, -0.05) is 0 Å². The third-order valence-corrected chi connectivity index (χ3v) is 2.68. The molecule has 0 saturated heterocycles. The molecule has 0 aromatic heterocycles. The third kappa shape index (κ3) is 5.51. The van der Waals surface area contributed by atoms with Crippen molar-refractivity contribution in [3.63, 3.8) is 0 Å². The highest BCUT2D eigenvalue weighted by atomic mass is 32.7. The van der Waals surface area contributed by atoms with E-state index >= 15 is 0 Å². The van der Waals surface area contributed by atoms with Gasteiger partial charge in [-0.3, -0.25) is 0 Å². The highest BCUT2D eigenvalue weighted by Gasteiger charge is 2.42. The molecule has 0 bridgehead atoms. The fourth-order valence-corrected chi connectivity index (χ4v) is 1.71. The molecule has 68 valence electrons. The van der Waals surface area contributed by atoms with E-state index in [0.717, 1.165) is 0 Å². The number of alkyl halides is 3. The second-order valence-corrected chi connectivity index (χ2v) is 5.19. The summed E-state index contributed by atoms with van der Waals surface area (Å²) in [7, 11) is 0. The minimum absolute atomic E-state index is 0.839. The second kappa shape index (κ2) is 3.32. The molecule has 0 heterocycles. The van der Waals surface area contributed by atoms with Crippen LogP contribution < -0.4 is 0 Å². The van der Waals surface area contributed by atoms with Crippen molar-refractivity contribution in [2.75, 3.05) is 0 Å². The van der Waals surface area contributed by atoms with Crippen LogP contribution in [0.2, 0.25) is 0 Å². The van der Waals surface area contributed by atoms with Crippen LogP contribution in [-0.2, 0) is 4.57 Å². The molecule has 0 aliphatic rings. The van der Waals surface area contributed by atoms with Crippen molar-refractivity contribution in [3.8, 4) is 0 Å². The maximum atomic E-state index is 11.4. The van der Waals surface area contributed by atoms with Crippen molar-refractivity contribution in [1.82, 2.24) is 0 Å². The lowest BCUT2D eigenvalue weighted by Gasteiger charge is -2.13.